The van der Waals surface area contributed by atoms with Gasteiger partial charge in [-0.05, 0) is 53.8 Å². The summed E-state index contributed by atoms with van der Waals surface area (Å²) < 4.78 is 16.9. The topological polar surface area (TPSA) is 80.3 Å². The molecule has 0 saturated carbocycles. The molecule has 3 aromatic rings. The number of urea groups is 1. The second kappa shape index (κ2) is 12.8. The molecule has 0 radical (unpaired) electrons. The number of carbonyl (C=O) groups excluding carboxylic acids is 2. The Balaban J connectivity index is 1.49. The van der Waals surface area contributed by atoms with Gasteiger partial charge in [-0.1, -0.05) is 34.1 Å². The number of anilines is 1. The summed E-state index contributed by atoms with van der Waals surface area (Å²) in [5.74, 6) is 1.22. The maximum Gasteiger partial charge on any atom is 0.322 e. The molecule has 1 aromatic heterocycles. The van der Waals surface area contributed by atoms with Gasteiger partial charge in [0.2, 0.25) is 12.7 Å². The van der Waals surface area contributed by atoms with E-state index in [1.54, 1.807) is 29.4 Å². The first-order chi connectivity index (χ1) is 17.5. The Bertz CT molecular complexity index is 1170. The summed E-state index contributed by atoms with van der Waals surface area (Å²) in [5, 5.41) is 4.88. The number of methoxy groups -OCH3 is 1. The smallest absolute Gasteiger partial charge is 0.322 e. The molecule has 190 valence electrons. The number of nitrogens with one attached hydrogen (secondary N) is 1. The number of rotatable bonds is 11. The second-order valence-electron chi connectivity index (χ2n) is 8.23. The van der Waals surface area contributed by atoms with Crippen LogP contribution in [0.25, 0.3) is 0 Å². The van der Waals surface area contributed by atoms with Crippen molar-refractivity contribution in [3.05, 3.63) is 74.9 Å². The Morgan fingerprint density at radius 1 is 1.06 bits per heavy atom. The fourth-order valence-electron chi connectivity index (χ4n) is 3.77. The standard InChI is InChI=1S/C26H28BrN3O5S/c1-33-11-4-10-29(26(32)28-21-6-2-5-20(27)14-21)17-25(31)30(16-22-7-3-12-36-22)15-19-8-9-23-24(13-19)35-18-34-23/h2-3,5-9,12-14H,4,10-11,15-18H2,1H3,(H,28,32). The Morgan fingerprint density at radius 3 is 2.69 bits per heavy atom. The van der Waals surface area contributed by atoms with Gasteiger partial charge in [0, 0.05) is 41.8 Å². The van der Waals surface area contributed by atoms with Crippen molar-refractivity contribution in [2.45, 2.75) is 19.5 Å². The van der Waals surface area contributed by atoms with Crippen molar-refractivity contribution in [2.75, 3.05) is 38.9 Å². The number of hydrogen-bond donors (Lipinski definition) is 1. The van der Waals surface area contributed by atoms with Crippen LogP contribution in [-0.4, -0.2) is 55.3 Å². The molecule has 0 fully saturated rings. The zero-order valence-electron chi connectivity index (χ0n) is 19.9. The highest BCUT2D eigenvalue weighted by Crippen LogP contribution is 2.33. The minimum absolute atomic E-state index is 0.0561. The monoisotopic (exact) mass is 573 g/mol. The maximum atomic E-state index is 13.6. The van der Waals surface area contributed by atoms with E-state index in [0.29, 0.717) is 49.8 Å². The predicted octanol–water partition coefficient (Wildman–Crippen LogP) is 5.34. The highest BCUT2D eigenvalue weighted by molar-refractivity contribution is 9.10. The molecule has 8 nitrogen and oxygen atoms in total. The first-order valence-electron chi connectivity index (χ1n) is 11.5. The molecule has 0 saturated heterocycles. The van der Waals surface area contributed by atoms with Crippen molar-refractivity contribution < 1.29 is 23.8 Å². The van der Waals surface area contributed by atoms with Gasteiger partial charge >= 0.3 is 6.03 Å². The molecule has 0 bridgehead atoms. The number of halogens is 1. The van der Waals surface area contributed by atoms with Gasteiger partial charge < -0.3 is 29.3 Å². The average Bonchev–Trinajstić information content (AvgIpc) is 3.55. The largest absolute Gasteiger partial charge is 0.454 e. The maximum absolute atomic E-state index is 13.6. The zero-order valence-corrected chi connectivity index (χ0v) is 22.3. The van der Waals surface area contributed by atoms with Crippen molar-refractivity contribution in [1.82, 2.24) is 9.80 Å². The average molecular weight is 574 g/mol. The number of nitrogens with zero attached hydrogens (tertiary/aromatic N) is 2. The van der Waals surface area contributed by atoms with E-state index in [1.165, 1.54) is 4.90 Å². The molecule has 0 aliphatic carbocycles. The van der Waals surface area contributed by atoms with Crippen molar-refractivity contribution >= 4 is 44.9 Å². The molecule has 36 heavy (non-hydrogen) atoms. The van der Waals surface area contributed by atoms with Crippen LogP contribution in [0.1, 0.15) is 16.9 Å². The zero-order chi connectivity index (χ0) is 25.3. The predicted molar refractivity (Wildman–Crippen MR) is 142 cm³/mol. The van der Waals surface area contributed by atoms with Crippen molar-refractivity contribution in [1.29, 1.82) is 0 Å². The van der Waals surface area contributed by atoms with Crippen LogP contribution >= 0.6 is 27.3 Å². The molecule has 10 heteroatoms. The van der Waals surface area contributed by atoms with Gasteiger partial charge in [0.05, 0.1) is 6.54 Å². The first-order valence-corrected chi connectivity index (χ1v) is 13.2. The SMILES string of the molecule is COCCCN(CC(=O)N(Cc1ccc2c(c1)OCO2)Cc1cccs1)C(=O)Nc1cccc(Br)c1. The fourth-order valence-corrected chi connectivity index (χ4v) is 4.89. The molecular formula is C26H28BrN3O5S. The van der Waals surface area contributed by atoms with Crippen LogP contribution in [0, 0.1) is 0 Å². The van der Waals surface area contributed by atoms with E-state index in [0.717, 1.165) is 14.9 Å². The first kappa shape index (κ1) is 26.0. The van der Waals surface area contributed by atoms with Gasteiger partial charge in [0.1, 0.15) is 6.54 Å². The van der Waals surface area contributed by atoms with Gasteiger partial charge in [-0.3, -0.25) is 4.79 Å². The molecule has 2 heterocycles. The lowest BCUT2D eigenvalue weighted by atomic mass is 10.2. The molecule has 4 rings (SSSR count). The Kier molecular flexibility index (Phi) is 9.21. The third-order valence-electron chi connectivity index (χ3n) is 5.56. The number of carbonyl (C=O) groups is 2. The van der Waals surface area contributed by atoms with E-state index in [4.69, 9.17) is 14.2 Å². The van der Waals surface area contributed by atoms with Crippen molar-refractivity contribution in [2.24, 2.45) is 0 Å². The van der Waals surface area contributed by atoms with Crippen LogP contribution < -0.4 is 14.8 Å². The Hall–Kier alpha value is -3.08. The third-order valence-corrected chi connectivity index (χ3v) is 6.91. The summed E-state index contributed by atoms with van der Waals surface area (Å²) in [6.07, 6.45) is 0.614. The molecule has 1 aliphatic rings. The molecule has 0 spiro atoms. The highest BCUT2D eigenvalue weighted by atomic mass is 79.9. The van der Waals surface area contributed by atoms with Gasteiger partial charge in [0.25, 0.3) is 0 Å². The van der Waals surface area contributed by atoms with E-state index in [9.17, 15) is 9.59 Å². The van der Waals surface area contributed by atoms with E-state index >= 15 is 0 Å². The minimum atomic E-state index is -0.336. The van der Waals surface area contributed by atoms with Crippen LogP contribution in [0.2, 0.25) is 0 Å². The van der Waals surface area contributed by atoms with E-state index in [-0.39, 0.29) is 25.3 Å². The summed E-state index contributed by atoms with van der Waals surface area (Å²) in [6, 6.07) is 16.7. The van der Waals surface area contributed by atoms with Crippen LogP contribution in [0.3, 0.4) is 0 Å². The van der Waals surface area contributed by atoms with Crippen molar-refractivity contribution in [3.63, 3.8) is 0 Å². The molecule has 1 aliphatic heterocycles. The quantitative estimate of drug-likeness (QED) is 0.313. The number of benzene rings is 2. The Morgan fingerprint density at radius 2 is 1.92 bits per heavy atom. The van der Waals surface area contributed by atoms with Crippen LogP contribution in [-0.2, 0) is 22.6 Å². The van der Waals surface area contributed by atoms with E-state index < -0.39 is 0 Å². The van der Waals surface area contributed by atoms with Gasteiger partial charge in [-0.15, -0.1) is 11.3 Å². The highest BCUT2D eigenvalue weighted by Gasteiger charge is 2.23. The fraction of sp³-hybridized carbons (Fsp3) is 0.308. The molecule has 3 amide bonds. The molecular weight excluding hydrogens is 546 g/mol. The number of ether oxygens (including phenoxy) is 3. The molecule has 1 N–H and O–H groups in total. The van der Waals surface area contributed by atoms with E-state index in [2.05, 4.69) is 21.2 Å². The summed E-state index contributed by atoms with van der Waals surface area (Å²) in [4.78, 5) is 31.1. The summed E-state index contributed by atoms with van der Waals surface area (Å²) in [6.45, 7) is 1.84. The second-order valence-corrected chi connectivity index (χ2v) is 10.2. The molecule has 0 atom stereocenters. The Labute approximate surface area is 222 Å². The number of amides is 3. The van der Waals surface area contributed by atoms with Crippen LogP contribution in [0.5, 0.6) is 11.5 Å². The molecule has 0 unspecified atom stereocenters. The summed E-state index contributed by atoms with van der Waals surface area (Å²) in [7, 11) is 1.62. The van der Waals surface area contributed by atoms with Crippen LogP contribution in [0.15, 0.2) is 64.5 Å². The summed E-state index contributed by atoms with van der Waals surface area (Å²) in [5.41, 5.74) is 1.57. The van der Waals surface area contributed by atoms with Gasteiger partial charge in [-0.2, -0.15) is 0 Å². The molecule has 2 aromatic carbocycles. The lowest BCUT2D eigenvalue weighted by Gasteiger charge is -2.28. The lowest BCUT2D eigenvalue weighted by molar-refractivity contribution is -0.133. The summed E-state index contributed by atoms with van der Waals surface area (Å²) >= 11 is 5.01. The third kappa shape index (κ3) is 7.22. The number of hydrogen-bond acceptors (Lipinski definition) is 6. The van der Waals surface area contributed by atoms with Crippen molar-refractivity contribution in [3.8, 4) is 11.5 Å². The lowest BCUT2D eigenvalue weighted by Crippen LogP contribution is -2.44. The number of fused-ring (bicyclic) bond motifs is 1. The van der Waals surface area contributed by atoms with Gasteiger partial charge in [-0.25, -0.2) is 4.79 Å². The minimum Gasteiger partial charge on any atom is -0.454 e. The van der Waals surface area contributed by atoms with Gasteiger partial charge in [0.15, 0.2) is 11.5 Å². The van der Waals surface area contributed by atoms with Crippen LogP contribution in [0.4, 0.5) is 10.5 Å². The number of thiophene rings is 1. The normalized spacial score (nSPS) is 11.8. The van der Waals surface area contributed by atoms with E-state index in [1.807, 2.05) is 53.9 Å².